The van der Waals surface area contributed by atoms with Gasteiger partial charge in [0.15, 0.2) is 0 Å². The average molecular weight is 337 g/mol. The number of piperazine rings is 1. The van der Waals surface area contributed by atoms with Crippen molar-refractivity contribution in [2.75, 3.05) is 32.8 Å². The Bertz CT molecular complexity index is 465. The van der Waals surface area contributed by atoms with Gasteiger partial charge in [0.05, 0.1) is 5.02 Å². The summed E-state index contributed by atoms with van der Waals surface area (Å²) in [5.74, 6) is -0.405. The molecule has 1 heterocycles. The number of hydrogen-bond donors (Lipinski definition) is 2. The zero-order chi connectivity index (χ0) is 14.8. The molecule has 0 aliphatic carbocycles. The van der Waals surface area contributed by atoms with E-state index in [9.17, 15) is 9.50 Å². The van der Waals surface area contributed by atoms with Crippen LogP contribution < -0.4 is 5.32 Å². The predicted octanol–water partition coefficient (Wildman–Crippen LogP) is 2.87. The Morgan fingerprint density at radius 1 is 1.38 bits per heavy atom. The van der Waals surface area contributed by atoms with Crippen LogP contribution in [0, 0.1) is 11.2 Å². The van der Waals surface area contributed by atoms with Crippen LogP contribution >= 0.6 is 24.0 Å². The van der Waals surface area contributed by atoms with Gasteiger partial charge >= 0.3 is 0 Å². The van der Waals surface area contributed by atoms with Crippen LogP contribution in [0.1, 0.15) is 25.5 Å². The van der Waals surface area contributed by atoms with Crippen molar-refractivity contribution in [1.29, 1.82) is 0 Å². The molecule has 6 heteroatoms. The second kappa shape index (κ2) is 7.75. The fourth-order valence-electron chi connectivity index (χ4n) is 2.87. The van der Waals surface area contributed by atoms with E-state index in [1.807, 2.05) is 19.9 Å². The van der Waals surface area contributed by atoms with E-state index in [4.69, 9.17) is 11.6 Å². The molecule has 0 amide bonds. The van der Waals surface area contributed by atoms with E-state index in [0.717, 1.165) is 31.7 Å². The summed E-state index contributed by atoms with van der Waals surface area (Å²) in [6, 6.07) is 4.91. The maximum absolute atomic E-state index is 13.8. The SMILES string of the molecule is CC(C)(CO)[C@@H](c1ccc(Cl)c(F)c1)N1CCNCC1.Cl. The number of aliphatic hydroxyl groups is 1. The highest BCUT2D eigenvalue weighted by Crippen LogP contribution is 2.39. The standard InChI is InChI=1S/C15H22ClFN2O.ClH/c1-15(2,10-20)14(19-7-5-18-6-8-19)11-3-4-12(16)13(17)9-11;/h3-4,9,14,18,20H,5-8,10H2,1-2H3;1H/t14-;/m1./s1. The number of halogens is 3. The molecule has 1 aromatic carbocycles. The lowest BCUT2D eigenvalue weighted by Gasteiger charge is -2.43. The van der Waals surface area contributed by atoms with Gasteiger partial charge in [-0.2, -0.15) is 0 Å². The second-order valence-electron chi connectivity index (χ2n) is 6.01. The van der Waals surface area contributed by atoms with E-state index >= 15 is 0 Å². The molecule has 3 nitrogen and oxygen atoms in total. The van der Waals surface area contributed by atoms with Crippen molar-refractivity contribution in [2.45, 2.75) is 19.9 Å². The van der Waals surface area contributed by atoms with Crippen LogP contribution in [0.5, 0.6) is 0 Å². The second-order valence-corrected chi connectivity index (χ2v) is 6.42. The minimum atomic E-state index is -0.405. The molecule has 1 saturated heterocycles. The zero-order valence-electron chi connectivity index (χ0n) is 12.4. The van der Waals surface area contributed by atoms with E-state index in [2.05, 4.69) is 10.2 Å². The summed E-state index contributed by atoms with van der Waals surface area (Å²) in [4.78, 5) is 2.30. The molecule has 2 rings (SSSR count). The van der Waals surface area contributed by atoms with Gasteiger partial charge in [0.1, 0.15) is 5.82 Å². The molecule has 1 aliphatic heterocycles. The molecular weight excluding hydrogens is 314 g/mol. The van der Waals surface area contributed by atoms with Crippen molar-refractivity contribution in [1.82, 2.24) is 10.2 Å². The minimum absolute atomic E-state index is 0. The number of hydrogen-bond acceptors (Lipinski definition) is 3. The molecule has 1 aromatic rings. The van der Waals surface area contributed by atoms with Crippen molar-refractivity contribution < 1.29 is 9.50 Å². The predicted molar refractivity (Wildman–Crippen MR) is 86.7 cm³/mol. The highest BCUT2D eigenvalue weighted by Gasteiger charge is 2.35. The number of nitrogens with one attached hydrogen (secondary N) is 1. The molecule has 1 aliphatic rings. The first kappa shape index (κ1) is 18.7. The Hall–Kier alpha value is -0.390. The molecule has 120 valence electrons. The zero-order valence-corrected chi connectivity index (χ0v) is 14.0. The Labute approximate surface area is 136 Å². The molecule has 0 unspecified atom stereocenters. The minimum Gasteiger partial charge on any atom is -0.396 e. The summed E-state index contributed by atoms with van der Waals surface area (Å²) < 4.78 is 13.8. The van der Waals surface area contributed by atoms with Crippen LogP contribution in [0.2, 0.25) is 5.02 Å². The smallest absolute Gasteiger partial charge is 0.142 e. The van der Waals surface area contributed by atoms with Gasteiger partial charge in [-0.1, -0.05) is 31.5 Å². The lowest BCUT2D eigenvalue weighted by atomic mass is 9.79. The first-order valence-corrected chi connectivity index (χ1v) is 7.34. The van der Waals surface area contributed by atoms with E-state index < -0.39 is 5.82 Å². The maximum Gasteiger partial charge on any atom is 0.142 e. The van der Waals surface area contributed by atoms with Gasteiger partial charge in [0.25, 0.3) is 0 Å². The highest BCUT2D eigenvalue weighted by atomic mass is 35.5. The summed E-state index contributed by atoms with van der Waals surface area (Å²) in [6.45, 7) is 7.66. The lowest BCUT2D eigenvalue weighted by molar-refractivity contribution is 0.0304. The largest absolute Gasteiger partial charge is 0.396 e. The molecule has 21 heavy (non-hydrogen) atoms. The fourth-order valence-corrected chi connectivity index (χ4v) is 2.98. The number of rotatable bonds is 4. The van der Waals surface area contributed by atoms with Gasteiger partial charge in [-0.05, 0) is 17.7 Å². The van der Waals surface area contributed by atoms with Gasteiger partial charge < -0.3 is 10.4 Å². The topological polar surface area (TPSA) is 35.5 Å². The third-order valence-corrected chi connectivity index (χ3v) is 4.23. The summed E-state index contributed by atoms with van der Waals surface area (Å²) in [6.07, 6.45) is 0. The normalized spacial score (nSPS) is 18.1. The van der Waals surface area contributed by atoms with Gasteiger partial charge in [0, 0.05) is 44.2 Å². The summed E-state index contributed by atoms with van der Waals surface area (Å²) >= 11 is 5.77. The van der Waals surface area contributed by atoms with Gasteiger partial charge in [-0.3, -0.25) is 4.90 Å². The third-order valence-electron chi connectivity index (χ3n) is 3.92. The van der Waals surface area contributed by atoms with Crippen LogP contribution in [-0.2, 0) is 0 Å². The maximum atomic E-state index is 13.8. The first-order chi connectivity index (χ1) is 9.45. The van der Waals surface area contributed by atoms with Crippen molar-refractivity contribution in [3.8, 4) is 0 Å². The van der Waals surface area contributed by atoms with Gasteiger partial charge in [-0.25, -0.2) is 4.39 Å². The number of aliphatic hydroxyl groups excluding tert-OH is 1. The molecule has 0 aromatic heterocycles. The van der Waals surface area contributed by atoms with Gasteiger partial charge in [-0.15, -0.1) is 12.4 Å². The molecule has 1 fully saturated rings. The molecule has 0 bridgehead atoms. The summed E-state index contributed by atoms with van der Waals surface area (Å²) in [5, 5.41) is 13.2. The molecule has 0 radical (unpaired) electrons. The molecule has 0 spiro atoms. The molecular formula is C15H23Cl2FN2O. The fraction of sp³-hybridized carbons (Fsp3) is 0.600. The van der Waals surface area contributed by atoms with E-state index in [1.165, 1.54) is 6.07 Å². The van der Waals surface area contributed by atoms with Crippen molar-refractivity contribution in [2.24, 2.45) is 5.41 Å². The monoisotopic (exact) mass is 336 g/mol. The van der Waals surface area contributed by atoms with E-state index in [1.54, 1.807) is 6.07 Å². The number of nitrogens with zero attached hydrogens (tertiary/aromatic N) is 1. The Balaban J connectivity index is 0.00000220. The van der Waals surface area contributed by atoms with Crippen molar-refractivity contribution in [3.63, 3.8) is 0 Å². The van der Waals surface area contributed by atoms with Crippen LogP contribution in [-0.4, -0.2) is 42.8 Å². The quantitative estimate of drug-likeness (QED) is 0.887. The van der Waals surface area contributed by atoms with Crippen LogP contribution in [0.15, 0.2) is 18.2 Å². The Kier molecular flexibility index (Phi) is 6.88. The molecule has 2 N–H and O–H groups in total. The van der Waals surface area contributed by atoms with Crippen LogP contribution in [0.25, 0.3) is 0 Å². The van der Waals surface area contributed by atoms with Crippen molar-refractivity contribution in [3.05, 3.63) is 34.6 Å². The molecule has 1 atom stereocenters. The van der Waals surface area contributed by atoms with Crippen LogP contribution in [0.3, 0.4) is 0 Å². The van der Waals surface area contributed by atoms with Crippen molar-refractivity contribution >= 4 is 24.0 Å². The Morgan fingerprint density at radius 2 is 2.00 bits per heavy atom. The van der Waals surface area contributed by atoms with E-state index in [-0.39, 0.29) is 35.5 Å². The Morgan fingerprint density at radius 3 is 2.52 bits per heavy atom. The third kappa shape index (κ3) is 4.30. The molecule has 0 saturated carbocycles. The lowest BCUT2D eigenvalue weighted by Crippen LogP contribution is -2.49. The number of benzene rings is 1. The highest BCUT2D eigenvalue weighted by molar-refractivity contribution is 6.30. The first-order valence-electron chi connectivity index (χ1n) is 6.96. The summed E-state index contributed by atoms with van der Waals surface area (Å²) in [5.41, 5.74) is 0.519. The summed E-state index contributed by atoms with van der Waals surface area (Å²) in [7, 11) is 0. The van der Waals surface area contributed by atoms with Gasteiger partial charge in [0.2, 0.25) is 0 Å². The average Bonchev–Trinajstić information content (AvgIpc) is 2.44. The van der Waals surface area contributed by atoms with Crippen LogP contribution in [0.4, 0.5) is 4.39 Å². The van der Waals surface area contributed by atoms with E-state index in [0.29, 0.717) is 0 Å².